The first-order chi connectivity index (χ1) is 4.88. The van der Waals surface area contributed by atoms with E-state index in [2.05, 4.69) is 44.7 Å². The number of hydrogen-bond donors (Lipinski definition) is 1. The highest BCUT2D eigenvalue weighted by Gasteiger charge is 2.08. The van der Waals surface area contributed by atoms with Crippen molar-refractivity contribution in [3.63, 3.8) is 0 Å². The molecule has 0 fully saturated rings. The van der Waals surface area contributed by atoms with Crippen LogP contribution in [-0.2, 0) is 0 Å². The molecule has 4 heteroatoms. The van der Waals surface area contributed by atoms with Crippen molar-refractivity contribution in [1.29, 1.82) is 0 Å². The van der Waals surface area contributed by atoms with Crippen molar-refractivity contribution >= 4 is 22.6 Å². The summed E-state index contributed by atoms with van der Waals surface area (Å²) in [7, 11) is 0. The van der Waals surface area contributed by atoms with E-state index in [9.17, 15) is 0 Å². The van der Waals surface area contributed by atoms with Crippen LogP contribution in [0.1, 0.15) is 25.1 Å². The van der Waals surface area contributed by atoms with Gasteiger partial charge in [0.05, 0.1) is 0 Å². The van der Waals surface area contributed by atoms with E-state index in [-0.39, 0.29) is 0 Å². The molecule has 0 radical (unpaired) electrons. The Hall–Kier alpha value is -0.130. The molecular weight excluding hydrogens is 241 g/mol. The Kier molecular flexibility index (Phi) is 3.11. The maximum Gasteiger partial charge on any atom is 0.137 e. The third kappa shape index (κ3) is 1.68. The highest BCUT2D eigenvalue weighted by molar-refractivity contribution is 14.1. The lowest BCUT2D eigenvalue weighted by Crippen LogP contribution is -2.00. The molecular formula is C6H10IN3. The van der Waals surface area contributed by atoms with Crippen LogP contribution in [0.2, 0.25) is 0 Å². The normalized spacial score (nSPS) is 13.4. The molecule has 0 aliphatic carbocycles. The molecule has 0 saturated carbocycles. The van der Waals surface area contributed by atoms with Gasteiger partial charge in [0.1, 0.15) is 12.2 Å². The fourth-order valence-electron chi connectivity index (χ4n) is 0.787. The molecule has 56 valence electrons. The van der Waals surface area contributed by atoms with Crippen LogP contribution in [0, 0.1) is 0 Å². The number of alkyl halides is 1. The van der Waals surface area contributed by atoms with Gasteiger partial charge >= 0.3 is 0 Å². The number of aromatic amines is 1. The lowest BCUT2D eigenvalue weighted by Gasteiger charge is -2.04. The van der Waals surface area contributed by atoms with Gasteiger partial charge in [0.25, 0.3) is 0 Å². The summed E-state index contributed by atoms with van der Waals surface area (Å²) in [6, 6.07) is 0. The smallest absolute Gasteiger partial charge is 0.137 e. The largest absolute Gasteiger partial charge is 0.263 e. The lowest BCUT2D eigenvalue weighted by molar-refractivity contribution is 0.700. The van der Waals surface area contributed by atoms with E-state index in [0.717, 1.165) is 16.7 Å². The second kappa shape index (κ2) is 3.90. The van der Waals surface area contributed by atoms with Gasteiger partial charge in [-0.3, -0.25) is 5.10 Å². The van der Waals surface area contributed by atoms with Gasteiger partial charge in [0.15, 0.2) is 0 Å². The number of H-pyrrole nitrogens is 1. The fourth-order valence-corrected chi connectivity index (χ4v) is 1.83. The fraction of sp³-hybridized carbons (Fsp3) is 0.667. The molecule has 10 heavy (non-hydrogen) atoms. The molecule has 0 amide bonds. The molecule has 1 rings (SSSR count). The first-order valence-electron chi connectivity index (χ1n) is 3.29. The molecule has 3 nitrogen and oxygen atoms in total. The maximum atomic E-state index is 4.09. The van der Waals surface area contributed by atoms with Crippen LogP contribution in [0.3, 0.4) is 0 Å². The van der Waals surface area contributed by atoms with Crippen LogP contribution in [-0.4, -0.2) is 19.6 Å². The van der Waals surface area contributed by atoms with Crippen molar-refractivity contribution in [1.82, 2.24) is 15.2 Å². The number of aromatic nitrogens is 3. The Bertz CT molecular complexity index is 169. The van der Waals surface area contributed by atoms with Gasteiger partial charge in [-0.25, -0.2) is 4.98 Å². The van der Waals surface area contributed by atoms with Crippen molar-refractivity contribution in [2.45, 2.75) is 19.3 Å². The predicted molar refractivity (Wildman–Crippen MR) is 48.3 cm³/mol. The van der Waals surface area contributed by atoms with Gasteiger partial charge in [0.2, 0.25) is 0 Å². The Morgan fingerprint density at radius 2 is 2.60 bits per heavy atom. The van der Waals surface area contributed by atoms with Crippen molar-refractivity contribution < 1.29 is 0 Å². The quantitative estimate of drug-likeness (QED) is 0.656. The van der Waals surface area contributed by atoms with Crippen LogP contribution >= 0.6 is 22.6 Å². The molecule has 1 atom stereocenters. The van der Waals surface area contributed by atoms with E-state index in [4.69, 9.17) is 0 Å². The summed E-state index contributed by atoms with van der Waals surface area (Å²) in [6.07, 6.45) is 2.68. The van der Waals surface area contributed by atoms with Gasteiger partial charge < -0.3 is 0 Å². The first-order valence-corrected chi connectivity index (χ1v) is 4.82. The molecule has 0 aliphatic heterocycles. The van der Waals surface area contributed by atoms with Gasteiger partial charge in [-0.2, -0.15) is 5.10 Å². The van der Waals surface area contributed by atoms with E-state index in [0.29, 0.717) is 5.92 Å². The number of nitrogens with one attached hydrogen (secondary N) is 1. The van der Waals surface area contributed by atoms with Crippen LogP contribution in [0.15, 0.2) is 6.33 Å². The maximum absolute atomic E-state index is 4.09. The molecule has 1 heterocycles. The third-order valence-electron chi connectivity index (χ3n) is 1.50. The number of nitrogens with zero attached hydrogens (tertiary/aromatic N) is 2. The SMILES string of the molecule is CCC(CI)c1ncn[nH]1. The molecule has 0 saturated heterocycles. The van der Waals surface area contributed by atoms with Crippen molar-refractivity contribution in [2.75, 3.05) is 4.43 Å². The Morgan fingerprint density at radius 1 is 1.80 bits per heavy atom. The molecule has 1 unspecified atom stereocenters. The molecule has 1 N–H and O–H groups in total. The molecule has 0 aliphatic rings. The van der Waals surface area contributed by atoms with Gasteiger partial charge in [0, 0.05) is 10.3 Å². The topological polar surface area (TPSA) is 41.6 Å². The summed E-state index contributed by atoms with van der Waals surface area (Å²) < 4.78 is 1.10. The van der Waals surface area contributed by atoms with E-state index < -0.39 is 0 Å². The Morgan fingerprint density at radius 3 is 3.00 bits per heavy atom. The van der Waals surface area contributed by atoms with E-state index >= 15 is 0 Å². The molecule has 1 aromatic heterocycles. The summed E-state index contributed by atoms with van der Waals surface area (Å²) in [4.78, 5) is 4.09. The predicted octanol–water partition coefficient (Wildman–Crippen LogP) is 1.73. The average Bonchev–Trinajstić information content (AvgIpc) is 2.43. The monoisotopic (exact) mass is 251 g/mol. The summed E-state index contributed by atoms with van der Waals surface area (Å²) in [6.45, 7) is 2.16. The zero-order valence-corrected chi connectivity index (χ0v) is 8.00. The van der Waals surface area contributed by atoms with Crippen LogP contribution in [0.4, 0.5) is 0 Å². The average molecular weight is 251 g/mol. The zero-order valence-electron chi connectivity index (χ0n) is 5.84. The minimum atomic E-state index is 0.545. The van der Waals surface area contributed by atoms with Gasteiger partial charge in [-0.05, 0) is 6.42 Å². The second-order valence-corrected chi connectivity index (χ2v) is 3.01. The minimum Gasteiger partial charge on any atom is -0.263 e. The lowest BCUT2D eigenvalue weighted by atomic mass is 10.1. The van der Waals surface area contributed by atoms with Crippen molar-refractivity contribution in [3.8, 4) is 0 Å². The summed E-state index contributed by atoms with van der Waals surface area (Å²) in [5.41, 5.74) is 0. The second-order valence-electron chi connectivity index (χ2n) is 2.13. The molecule has 0 spiro atoms. The third-order valence-corrected chi connectivity index (χ3v) is 2.56. The van der Waals surface area contributed by atoms with E-state index in [1.807, 2.05) is 0 Å². The molecule has 0 aromatic carbocycles. The van der Waals surface area contributed by atoms with E-state index in [1.54, 1.807) is 6.33 Å². The molecule has 1 aromatic rings. The summed E-state index contributed by atoms with van der Waals surface area (Å²) >= 11 is 2.36. The van der Waals surface area contributed by atoms with E-state index in [1.165, 1.54) is 0 Å². The van der Waals surface area contributed by atoms with Crippen molar-refractivity contribution in [2.24, 2.45) is 0 Å². The zero-order chi connectivity index (χ0) is 7.40. The standard InChI is InChI=1S/C6H10IN3/c1-2-5(3-7)6-8-4-9-10-6/h4-5H,2-3H2,1H3,(H,8,9,10). The number of hydrogen-bond acceptors (Lipinski definition) is 2. The van der Waals surface area contributed by atoms with Crippen molar-refractivity contribution in [3.05, 3.63) is 12.2 Å². The Labute approximate surface area is 73.8 Å². The van der Waals surface area contributed by atoms with Crippen LogP contribution in [0.5, 0.6) is 0 Å². The van der Waals surface area contributed by atoms with Crippen LogP contribution < -0.4 is 0 Å². The van der Waals surface area contributed by atoms with Crippen LogP contribution in [0.25, 0.3) is 0 Å². The number of halogens is 1. The Balaban J connectivity index is 2.64. The summed E-state index contributed by atoms with van der Waals surface area (Å²) in [5, 5.41) is 6.67. The van der Waals surface area contributed by atoms with Gasteiger partial charge in [-0.1, -0.05) is 29.5 Å². The van der Waals surface area contributed by atoms with Gasteiger partial charge in [-0.15, -0.1) is 0 Å². The first kappa shape index (κ1) is 7.97. The summed E-state index contributed by atoms with van der Waals surface area (Å²) in [5.74, 6) is 1.56. The minimum absolute atomic E-state index is 0.545. The molecule has 0 bridgehead atoms. The highest BCUT2D eigenvalue weighted by atomic mass is 127. The number of rotatable bonds is 3. The highest BCUT2D eigenvalue weighted by Crippen LogP contribution is 2.16.